The van der Waals surface area contributed by atoms with Crippen molar-refractivity contribution in [3.63, 3.8) is 0 Å². The fourth-order valence-electron chi connectivity index (χ4n) is 5.43. The molecule has 0 aliphatic carbocycles. The van der Waals surface area contributed by atoms with E-state index in [0.717, 1.165) is 0 Å². The van der Waals surface area contributed by atoms with Gasteiger partial charge in [-0.1, -0.05) is 155 Å². The Labute approximate surface area is 201 Å². The number of hydrogen-bond donors (Lipinski definition) is 1. The number of aromatic hydroxyl groups is 1. The van der Waals surface area contributed by atoms with Gasteiger partial charge in [0.25, 0.3) is 0 Å². The van der Waals surface area contributed by atoms with Crippen molar-refractivity contribution < 1.29 is 5.11 Å². The summed E-state index contributed by atoms with van der Waals surface area (Å²) in [4.78, 5) is 0. The molecule has 0 aliphatic heterocycles. The first-order chi connectivity index (χ1) is 15.7. The van der Waals surface area contributed by atoms with Gasteiger partial charge in [0, 0.05) is 5.56 Å². The summed E-state index contributed by atoms with van der Waals surface area (Å²) in [5, 5.41) is 10.9. The van der Waals surface area contributed by atoms with Crippen LogP contribution >= 0.6 is 0 Å². The summed E-state index contributed by atoms with van der Waals surface area (Å²) in [7, 11) is 0. The van der Waals surface area contributed by atoms with Crippen LogP contribution in [-0.4, -0.2) is 5.11 Å². The Kier molecular flexibility index (Phi) is 17.7. The maximum Gasteiger partial charge on any atom is 0.119 e. The molecule has 0 radical (unpaired) electrons. The molecule has 0 amide bonds. The first-order valence-corrected chi connectivity index (χ1v) is 14.5. The van der Waals surface area contributed by atoms with Crippen LogP contribution in [0.15, 0.2) is 24.3 Å². The second kappa shape index (κ2) is 19.5. The number of phenolic OH excluding ortho intramolecular Hbond substituents is 1. The van der Waals surface area contributed by atoms with E-state index in [2.05, 4.69) is 32.9 Å². The van der Waals surface area contributed by atoms with E-state index in [1.54, 1.807) is 0 Å². The smallest absolute Gasteiger partial charge is 0.119 e. The molecule has 186 valence electrons. The van der Waals surface area contributed by atoms with Crippen LogP contribution in [-0.2, 0) is 5.41 Å². The van der Waals surface area contributed by atoms with E-state index in [4.69, 9.17) is 0 Å². The molecular formula is C31H56O. The Morgan fingerprint density at radius 3 is 1.22 bits per heavy atom. The highest BCUT2D eigenvalue weighted by Gasteiger charge is 2.32. The van der Waals surface area contributed by atoms with Crippen molar-refractivity contribution in [3.8, 4) is 5.75 Å². The van der Waals surface area contributed by atoms with Gasteiger partial charge in [0.2, 0.25) is 0 Å². The van der Waals surface area contributed by atoms with E-state index in [1.165, 1.54) is 140 Å². The Bertz CT molecular complexity index is 494. The van der Waals surface area contributed by atoms with E-state index < -0.39 is 0 Å². The zero-order chi connectivity index (χ0) is 23.3. The summed E-state index contributed by atoms with van der Waals surface area (Å²) in [6.07, 6.45) is 28.1. The number of rotatable bonds is 22. The molecular weight excluding hydrogens is 388 g/mol. The summed E-state index contributed by atoms with van der Waals surface area (Å²) in [5.74, 6) is 0.537. The minimum atomic E-state index is 0.172. The highest BCUT2D eigenvalue weighted by Crippen LogP contribution is 2.44. The maximum absolute atomic E-state index is 10.9. The molecule has 1 aromatic rings. The molecule has 1 heteroatoms. The Balaban J connectivity index is 2.82. The first-order valence-electron chi connectivity index (χ1n) is 14.5. The van der Waals surface area contributed by atoms with E-state index >= 15 is 0 Å². The van der Waals surface area contributed by atoms with Gasteiger partial charge in [0.1, 0.15) is 5.75 Å². The molecule has 32 heavy (non-hydrogen) atoms. The molecule has 0 saturated heterocycles. The molecule has 0 atom stereocenters. The molecule has 1 aromatic carbocycles. The summed E-state index contributed by atoms with van der Waals surface area (Å²) >= 11 is 0. The number of hydrogen-bond acceptors (Lipinski definition) is 1. The summed E-state index contributed by atoms with van der Waals surface area (Å²) in [5.41, 5.74) is 1.42. The van der Waals surface area contributed by atoms with Crippen LogP contribution in [0.3, 0.4) is 0 Å². The van der Waals surface area contributed by atoms with Crippen molar-refractivity contribution in [2.24, 2.45) is 0 Å². The SMILES string of the molecule is CCCCCCCCC(CCCCCCCC)(CCCCCCCC)c1ccccc1O. The number of benzene rings is 1. The largest absolute Gasteiger partial charge is 0.508 e. The predicted molar refractivity (Wildman–Crippen MR) is 144 cm³/mol. The van der Waals surface area contributed by atoms with Gasteiger partial charge in [-0.15, -0.1) is 0 Å². The van der Waals surface area contributed by atoms with E-state index in [1.807, 2.05) is 12.1 Å². The fourth-order valence-corrected chi connectivity index (χ4v) is 5.43. The molecule has 0 saturated carbocycles. The topological polar surface area (TPSA) is 20.2 Å². The lowest BCUT2D eigenvalue weighted by atomic mass is 9.69. The third-order valence-electron chi connectivity index (χ3n) is 7.50. The van der Waals surface area contributed by atoms with E-state index in [-0.39, 0.29) is 5.41 Å². The lowest BCUT2D eigenvalue weighted by Crippen LogP contribution is -2.27. The Morgan fingerprint density at radius 2 is 0.844 bits per heavy atom. The van der Waals surface area contributed by atoms with Gasteiger partial charge in [0.15, 0.2) is 0 Å². The molecule has 0 unspecified atom stereocenters. The van der Waals surface area contributed by atoms with Gasteiger partial charge in [0.05, 0.1) is 0 Å². The minimum absolute atomic E-state index is 0.172. The fraction of sp³-hybridized carbons (Fsp3) is 0.806. The minimum Gasteiger partial charge on any atom is -0.508 e. The third kappa shape index (κ3) is 12.3. The number of para-hydroxylation sites is 1. The average molecular weight is 445 g/mol. The lowest BCUT2D eigenvalue weighted by Gasteiger charge is -2.36. The predicted octanol–water partition coefficient (Wildman–Crippen LogP) is 10.9. The van der Waals surface area contributed by atoms with Crippen LogP contribution < -0.4 is 0 Å². The average Bonchev–Trinajstić information content (AvgIpc) is 2.80. The molecule has 0 spiro atoms. The second-order valence-corrected chi connectivity index (χ2v) is 10.4. The second-order valence-electron chi connectivity index (χ2n) is 10.4. The van der Waals surface area contributed by atoms with E-state index in [9.17, 15) is 5.11 Å². The molecule has 1 nitrogen and oxygen atoms in total. The molecule has 1 rings (SSSR count). The summed E-state index contributed by atoms with van der Waals surface area (Å²) < 4.78 is 0. The molecule has 1 N–H and O–H groups in total. The van der Waals surface area contributed by atoms with Crippen molar-refractivity contribution in [1.82, 2.24) is 0 Å². The number of phenols is 1. The summed E-state index contributed by atoms with van der Waals surface area (Å²) in [6.45, 7) is 6.89. The molecule has 0 fully saturated rings. The van der Waals surface area contributed by atoms with Crippen LogP contribution in [0.4, 0.5) is 0 Å². The highest BCUT2D eigenvalue weighted by molar-refractivity contribution is 5.38. The standard InChI is InChI=1S/C31H56O/c1-4-7-10-13-16-21-26-31(27-22-17-14-11-8-5-2,28-23-18-15-12-9-6-3)29-24-19-20-25-30(29)32/h19-20,24-25,32H,4-18,21-23,26-28H2,1-3H3. The molecule has 0 bridgehead atoms. The molecule has 0 aliphatic rings. The van der Waals surface area contributed by atoms with Crippen LogP contribution in [0.25, 0.3) is 0 Å². The molecule has 0 aromatic heterocycles. The normalized spacial score (nSPS) is 11.8. The van der Waals surface area contributed by atoms with Gasteiger partial charge in [-0.05, 0) is 30.7 Å². The van der Waals surface area contributed by atoms with Crippen LogP contribution in [0.1, 0.15) is 161 Å². The van der Waals surface area contributed by atoms with Crippen molar-refractivity contribution in [2.75, 3.05) is 0 Å². The van der Waals surface area contributed by atoms with Crippen LogP contribution in [0.2, 0.25) is 0 Å². The Hall–Kier alpha value is -0.980. The third-order valence-corrected chi connectivity index (χ3v) is 7.50. The van der Waals surface area contributed by atoms with Crippen LogP contribution in [0.5, 0.6) is 5.75 Å². The lowest BCUT2D eigenvalue weighted by molar-refractivity contribution is 0.289. The monoisotopic (exact) mass is 444 g/mol. The maximum atomic E-state index is 10.9. The van der Waals surface area contributed by atoms with Crippen LogP contribution in [0, 0.1) is 0 Å². The zero-order valence-electron chi connectivity index (χ0n) is 22.1. The quantitative estimate of drug-likeness (QED) is 0.176. The summed E-state index contributed by atoms with van der Waals surface area (Å²) in [6, 6.07) is 8.30. The van der Waals surface area contributed by atoms with E-state index in [0.29, 0.717) is 5.75 Å². The van der Waals surface area contributed by atoms with Crippen molar-refractivity contribution in [3.05, 3.63) is 29.8 Å². The van der Waals surface area contributed by atoms with Gasteiger partial charge < -0.3 is 5.11 Å². The van der Waals surface area contributed by atoms with Gasteiger partial charge in [-0.2, -0.15) is 0 Å². The van der Waals surface area contributed by atoms with Gasteiger partial charge in [-0.3, -0.25) is 0 Å². The van der Waals surface area contributed by atoms with Crippen molar-refractivity contribution in [1.29, 1.82) is 0 Å². The number of unbranched alkanes of at least 4 members (excludes halogenated alkanes) is 15. The highest BCUT2D eigenvalue weighted by atomic mass is 16.3. The zero-order valence-corrected chi connectivity index (χ0v) is 22.1. The first kappa shape index (κ1) is 29.1. The van der Waals surface area contributed by atoms with Crippen molar-refractivity contribution >= 4 is 0 Å². The van der Waals surface area contributed by atoms with Gasteiger partial charge in [-0.25, -0.2) is 0 Å². The molecule has 0 heterocycles. The van der Waals surface area contributed by atoms with Gasteiger partial charge >= 0.3 is 0 Å². The van der Waals surface area contributed by atoms with Crippen molar-refractivity contribution in [2.45, 2.75) is 161 Å². The Morgan fingerprint density at radius 1 is 0.500 bits per heavy atom.